The van der Waals surface area contributed by atoms with Crippen LogP contribution in [0.3, 0.4) is 0 Å². The van der Waals surface area contributed by atoms with Crippen LogP contribution in [-0.4, -0.2) is 23.5 Å². The summed E-state index contributed by atoms with van der Waals surface area (Å²) in [6.07, 6.45) is 5.16. The van der Waals surface area contributed by atoms with Crippen molar-refractivity contribution in [2.75, 3.05) is 6.54 Å². The Morgan fingerprint density at radius 1 is 1.25 bits per heavy atom. The summed E-state index contributed by atoms with van der Waals surface area (Å²) in [5.41, 5.74) is 1.18. The molecule has 110 valence electrons. The summed E-state index contributed by atoms with van der Waals surface area (Å²) in [4.78, 5) is 14.3. The monoisotopic (exact) mass is 274 g/mol. The third-order valence-corrected chi connectivity index (χ3v) is 4.10. The third kappa shape index (κ3) is 4.26. The summed E-state index contributed by atoms with van der Waals surface area (Å²) in [6.45, 7) is 5.64. The molecule has 0 heterocycles. The average molecular weight is 274 g/mol. The highest BCUT2D eigenvalue weighted by molar-refractivity contribution is 5.74. The van der Waals surface area contributed by atoms with Gasteiger partial charge in [0.2, 0.25) is 0 Å². The van der Waals surface area contributed by atoms with Gasteiger partial charge in [-0.05, 0) is 38.2 Å². The van der Waals surface area contributed by atoms with Crippen LogP contribution in [0.1, 0.15) is 45.1 Å². The van der Waals surface area contributed by atoms with Crippen LogP contribution in [0.25, 0.3) is 0 Å². The number of hydrogen-bond acceptors (Lipinski definition) is 1. The van der Waals surface area contributed by atoms with E-state index in [1.54, 1.807) is 0 Å². The molecule has 2 amide bonds. The van der Waals surface area contributed by atoms with Gasteiger partial charge < -0.3 is 10.2 Å². The van der Waals surface area contributed by atoms with Crippen molar-refractivity contribution in [1.29, 1.82) is 0 Å². The van der Waals surface area contributed by atoms with Gasteiger partial charge in [0.1, 0.15) is 0 Å². The summed E-state index contributed by atoms with van der Waals surface area (Å²) >= 11 is 0. The smallest absolute Gasteiger partial charge is 0.317 e. The number of nitrogens with zero attached hydrogens (tertiary/aromatic N) is 1. The Morgan fingerprint density at radius 3 is 2.50 bits per heavy atom. The molecule has 0 saturated heterocycles. The predicted octanol–water partition coefficient (Wildman–Crippen LogP) is 3.80. The van der Waals surface area contributed by atoms with Crippen molar-refractivity contribution in [3.63, 3.8) is 0 Å². The van der Waals surface area contributed by atoms with E-state index in [2.05, 4.69) is 31.3 Å². The number of nitrogens with one attached hydrogen (secondary N) is 1. The van der Waals surface area contributed by atoms with Crippen LogP contribution in [0.2, 0.25) is 0 Å². The number of hydrogen-bond donors (Lipinski definition) is 1. The summed E-state index contributed by atoms with van der Waals surface area (Å²) < 4.78 is 0. The van der Waals surface area contributed by atoms with Crippen molar-refractivity contribution in [2.45, 2.75) is 52.1 Å². The second-order valence-electron chi connectivity index (χ2n) is 6.04. The number of rotatable bonds is 5. The largest absolute Gasteiger partial charge is 0.338 e. The van der Waals surface area contributed by atoms with Gasteiger partial charge in [0.05, 0.1) is 0 Å². The maximum absolute atomic E-state index is 12.4. The van der Waals surface area contributed by atoms with Crippen molar-refractivity contribution in [2.24, 2.45) is 5.92 Å². The first-order chi connectivity index (χ1) is 9.66. The van der Waals surface area contributed by atoms with Crippen LogP contribution in [0, 0.1) is 5.92 Å². The van der Waals surface area contributed by atoms with E-state index in [9.17, 15) is 4.79 Å². The fourth-order valence-corrected chi connectivity index (χ4v) is 2.82. The molecule has 0 radical (unpaired) electrons. The number of urea groups is 1. The molecule has 0 aliphatic heterocycles. The number of carbonyl (C=O) groups is 1. The zero-order valence-electron chi connectivity index (χ0n) is 12.6. The normalized spacial score (nSPS) is 15.6. The number of carbonyl (C=O) groups excluding carboxylic acids is 1. The molecule has 3 heteroatoms. The molecule has 0 bridgehead atoms. The molecule has 0 atom stereocenters. The molecule has 20 heavy (non-hydrogen) atoms. The predicted molar refractivity (Wildman–Crippen MR) is 82.5 cm³/mol. The Morgan fingerprint density at radius 2 is 1.90 bits per heavy atom. The minimum atomic E-state index is 0.0655. The second kappa shape index (κ2) is 7.32. The Labute approximate surface area is 122 Å². The molecule has 1 aromatic rings. The maximum atomic E-state index is 12.4. The fraction of sp³-hybridized carbons (Fsp3) is 0.588. The summed E-state index contributed by atoms with van der Waals surface area (Å²) in [7, 11) is 0. The molecule has 0 unspecified atom stereocenters. The van der Waals surface area contributed by atoms with Gasteiger partial charge in [-0.1, -0.05) is 43.2 Å². The summed E-state index contributed by atoms with van der Waals surface area (Å²) in [5, 5.41) is 3.11. The lowest BCUT2D eigenvalue weighted by atomic mass is 10.1. The van der Waals surface area contributed by atoms with Crippen LogP contribution < -0.4 is 5.32 Å². The van der Waals surface area contributed by atoms with Gasteiger partial charge in [-0.15, -0.1) is 0 Å². The fourth-order valence-electron chi connectivity index (χ4n) is 2.82. The van der Waals surface area contributed by atoms with E-state index in [0.717, 1.165) is 6.54 Å². The average Bonchev–Trinajstić information content (AvgIpc) is 2.96. The number of benzene rings is 1. The first-order valence-corrected chi connectivity index (χ1v) is 7.75. The molecular weight excluding hydrogens is 248 g/mol. The molecule has 1 aliphatic carbocycles. The third-order valence-electron chi connectivity index (χ3n) is 4.10. The first kappa shape index (κ1) is 14.9. The van der Waals surface area contributed by atoms with Gasteiger partial charge in [0, 0.05) is 19.1 Å². The van der Waals surface area contributed by atoms with Crippen LogP contribution in [0.15, 0.2) is 30.3 Å². The van der Waals surface area contributed by atoms with Crippen LogP contribution in [0.4, 0.5) is 4.79 Å². The molecule has 3 nitrogen and oxygen atoms in total. The summed E-state index contributed by atoms with van der Waals surface area (Å²) in [6, 6.07) is 10.5. The van der Waals surface area contributed by atoms with E-state index in [1.165, 1.54) is 31.2 Å². The minimum Gasteiger partial charge on any atom is -0.338 e. The molecule has 0 aromatic heterocycles. The molecule has 1 aliphatic rings. The lowest BCUT2D eigenvalue weighted by molar-refractivity contribution is 0.178. The molecule has 1 aromatic carbocycles. The Bertz CT molecular complexity index is 410. The second-order valence-corrected chi connectivity index (χ2v) is 6.04. The topological polar surface area (TPSA) is 32.3 Å². The number of amides is 2. The van der Waals surface area contributed by atoms with Crippen molar-refractivity contribution in [3.05, 3.63) is 35.9 Å². The van der Waals surface area contributed by atoms with Gasteiger partial charge in [0.15, 0.2) is 0 Å². The Kier molecular flexibility index (Phi) is 5.45. The lowest BCUT2D eigenvalue weighted by Crippen LogP contribution is -2.44. The van der Waals surface area contributed by atoms with Crippen molar-refractivity contribution in [1.82, 2.24) is 10.2 Å². The van der Waals surface area contributed by atoms with E-state index >= 15 is 0 Å². The SMILES string of the molecule is CC(C)N(Cc1ccccc1)C(=O)NCC1CCCC1. The zero-order chi connectivity index (χ0) is 14.4. The summed E-state index contributed by atoms with van der Waals surface area (Å²) in [5.74, 6) is 0.685. The standard InChI is InChI=1S/C17H26N2O/c1-14(2)19(13-16-10-4-3-5-11-16)17(20)18-12-15-8-6-7-9-15/h3-5,10-11,14-15H,6-9,12-13H2,1-2H3,(H,18,20). The lowest BCUT2D eigenvalue weighted by Gasteiger charge is -2.27. The molecule has 2 rings (SSSR count). The zero-order valence-corrected chi connectivity index (χ0v) is 12.6. The Balaban J connectivity index is 1.88. The van der Waals surface area contributed by atoms with Gasteiger partial charge in [-0.25, -0.2) is 4.79 Å². The van der Waals surface area contributed by atoms with Crippen LogP contribution >= 0.6 is 0 Å². The molecule has 1 N–H and O–H groups in total. The molecular formula is C17H26N2O. The van der Waals surface area contributed by atoms with Crippen molar-refractivity contribution < 1.29 is 4.79 Å². The van der Waals surface area contributed by atoms with E-state index in [-0.39, 0.29) is 12.1 Å². The highest BCUT2D eigenvalue weighted by atomic mass is 16.2. The van der Waals surface area contributed by atoms with Gasteiger partial charge in [-0.2, -0.15) is 0 Å². The van der Waals surface area contributed by atoms with Crippen LogP contribution in [-0.2, 0) is 6.54 Å². The highest BCUT2D eigenvalue weighted by Gasteiger charge is 2.20. The van der Waals surface area contributed by atoms with E-state index in [1.807, 2.05) is 23.1 Å². The van der Waals surface area contributed by atoms with Gasteiger partial charge in [0.25, 0.3) is 0 Å². The molecule has 1 fully saturated rings. The van der Waals surface area contributed by atoms with E-state index < -0.39 is 0 Å². The van der Waals surface area contributed by atoms with E-state index in [0.29, 0.717) is 12.5 Å². The van der Waals surface area contributed by atoms with Gasteiger partial charge >= 0.3 is 6.03 Å². The maximum Gasteiger partial charge on any atom is 0.317 e. The molecule has 0 spiro atoms. The molecule has 1 saturated carbocycles. The highest BCUT2D eigenvalue weighted by Crippen LogP contribution is 2.23. The quantitative estimate of drug-likeness (QED) is 0.870. The minimum absolute atomic E-state index is 0.0655. The first-order valence-electron chi connectivity index (χ1n) is 7.75. The van der Waals surface area contributed by atoms with E-state index in [4.69, 9.17) is 0 Å². The van der Waals surface area contributed by atoms with Crippen molar-refractivity contribution in [3.8, 4) is 0 Å². The Hall–Kier alpha value is -1.51. The van der Waals surface area contributed by atoms with Crippen LogP contribution in [0.5, 0.6) is 0 Å². The van der Waals surface area contributed by atoms with Crippen molar-refractivity contribution >= 4 is 6.03 Å². The van der Waals surface area contributed by atoms with Gasteiger partial charge in [-0.3, -0.25) is 0 Å².